The van der Waals surface area contributed by atoms with Gasteiger partial charge in [-0.15, -0.1) is 0 Å². The van der Waals surface area contributed by atoms with E-state index in [1.807, 2.05) is 0 Å². The molecule has 4 atom stereocenters. The number of benzene rings is 1. The van der Waals surface area contributed by atoms with Gasteiger partial charge in [0.05, 0.1) is 24.5 Å². The highest BCUT2D eigenvalue weighted by atomic mass is 19.4. The van der Waals surface area contributed by atoms with E-state index >= 15 is 0 Å². The summed E-state index contributed by atoms with van der Waals surface area (Å²) in [5.74, 6) is -3.47. The van der Waals surface area contributed by atoms with Crippen molar-refractivity contribution < 1.29 is 37.1 Å². The highest BCUT2D eigenvalue weighted by Crippen LogP contribution is 2.44. The standard InChI is InChI=1S/C21H25F3N4O5/c1-5-20(18(31)33-4)15-14(16(29)28(3)17(15)30)13(26-20)10-27(2)19(32)25-12-8-6-11(7-9-12)21(22,23)24/h6-9,13-15,26H,5,10H2,1-4H3,(H,25,32)/t13-,14+,15-,20-/m1/s1. The second-order valence-corrected chi connectivity index (χ2v) is 8.19. The molecule has 33 heavy (non-hydrogen) atoms. The largest absolute Gasteiger partial charge is 0.468 e. The Labute approximate surface area is 188 Å². The van der Waals surface area contributed by atoms with Gasteiger partial charge in [0.25, 0.3) is 0 Å². The van der Waals surface area contributed by atoms with Crippen LogP contribution >= 0.6 is 0 Å². The van der Waals surface area contributed by atoms with Crippen molar-refractivity contribution in [2.75, 3.05) is 33.1 Å². The summed E-state index contributed by atoms with van der Waals surface area (Å²) in [7, 11) is 3.97. The van der Waals surface area contributed by atoms with Crippen molar-refractivity contribution in [3.8, 4) is 0 Å². The van der Waals surface area contributed by atoms with Gasteiger partial charge in [-0.1, -0.05) is 6.92 Å². The minimum Gasteiger partial charge on any atom is -0.468 e. The zero-order valence-electron chi connectivity index (χ0n) is 18.5. The molecule has 2 N–H and O–H groups in total. The fourth-order valence-electron chi connectivity index (χ4n) is 4.60. The Morgan fingerprint density at radius 1 is 1.21 bits per heavy atom. The number of carbonyl (C=O) groups excluding carboxylic acids is 4. The lowest BCUT2D eigenvalue weighted by molar-refractivity contribution is -0.154. The summed E-state index contributed by atoms with van der Waals surface area (Å²) in [4.78, 5) is 53.0. The van der Waals surface area contributed by atoms with Gasteiger partial charge in [-0.2, -0.15) is 13.2 Å². The van der Waals surface area contributed by atoms with Gasteiger partial charge in [0.15, 0.2) is 0 Å². The Balaban J connectivity index is 1.77. The van der Waals surface area contributed by atoms with Crippen LogP contribution in [0.2, 0.25) is 0 Å². The number of anilines is 1. The van der Waals surface area contributed by atoms with E-state index in [0.29, 0.717) is 0 Å². The lowest BCUT2D eigenvalue weighted by Gasteiger charge is -2.31. The minimum atomic E-state index is -4.49. The van der Waals surface area contributed by atoms with Gasteiger partial charge in [0, 0.05) is 32.4 Å². The van der Waals surface area contributed by atoms with Gasteiger partial charge in [-0.05, 0) is 30.7 Å². The zero-order valence-corrected chi connectivity index (χ0v) is 18.5. The number of likely N-dealkylation sites (tertiary alicyclic amines) is 1. The molecule has 2 aliphatic heterocycles. The van der Waals surface area contributed by atoms with Crippen LogP contribution in [0.15, 0.2) is 24.3 Å². The Hall–Kier alpha value is -3.15. The maximum atomic E-state index is 12.8. The molecule has 9 nitrogen and oxygen atoms in total. The number of fused-ring (bicyclic) bond motifs is 1. The SMILES string of the molecule is CC[C@@]1(C(=O)OC)N[C@H](CN(C)C(=O)Nc2ccc(C(F)(F)F)cc2)[C@@H]2C(=O)N(C)C(=O)[C@@H]21. The molecular weight excluding hydrogens is 445 g/mol. The number of rotatable bonds is 5. The number of likely N-dealkylation sites (N-methyl/N-ethyl adjacent to an activating group) is 1. The molecule has 0 aromatic heterocycles. The number of carbonyl (C=O) groups is 4. The Morgan fingerprint density at radius 3 is 2.33 bits per heavy atom. The van der Waals surface area contributed by atoms with E-state index in [0.717, 1.165) is 29.2 Å². The van der Waals surface area contributed by atoms with Crippen LogP contribution < -0.4 is 10.6 Å². The van der Waals surface area contributed by atoms with Crippen molar-refractivity contribution in [3.05, 3.63) is 29.8 Å². The van der Waals surface area contributed by atoms with E-state index < -0.39 is 59.0 Å². The summed E-state index contributed by atoms with van der Waals surface area (Å²) in [6.45, 7) is 1.65. The van der Waals surface area contributed by atoms with E-state index in [2.05, 4.69) is 10.6 Å². The van der Waals surface area contributed by atoms with Crippen LogP contribution in [0.1, 0.15) is 18.9 Å². The first kappa shape index (κ1) is 24.5. The second-order valence-electron chi connectivity index (χ2n) is 8.19. The maximum absolute atomic E-state index is 12.8. The number of alkyl halides is 3. The molecule has 0 saturated carbocycles. The molecule has 2 fully saturated rings. The van der Waals surface area contributed by atoms with Gasteiger partial charge in [0.2, 0.25) is 11.8 Å². The van der Waals surface area contributed by atoms with Gasteiger partial charge in [0.1, 0.15) is 5.54 Å². The number of amides is 4. The van der Waals surface area contributed by atoms with Crippen molar-refractivity contribution in [2.24, 2.45) is 11.8 Å². The first-order chi connectivity index (χ1) is 15.4. The van der Waals surface area contributed by atoms with Crippen molar-refractivity contribution in [3.63, 3.8) is 0 Å². The van der Waals surface area contributed by atoms with E-state index in [4.69, 9.17) is 4.74 Å². The van der Waals surface area contributed by atoms with E-state index in [1.54, 1.807) is 6.92 Å². The number of nitrogens with zero attached hydrogens (tertiary/aromatic N) is 2. The summed E-state index contributed by atoms with van der Waals surface area (Å²) in [6.07, 6.45) is -4.31. The first-order valence-electron chi connectivity index (χ1n) is 10.2. The summed E-state index contributed by atoms with van der Waals surface area (Å²) in [5.41, 5.74) is -2.10. The number of hydrogen-bond donors (Lipinski definition) is 2. The quantitative estimate of drug-likeness (QED) is 0.501. The van der Waals surface area contributed by atoms with Crippen molar-refractivity contribution in [1.82, 2.24) is 15.1 Å². The molecule has 0 radical (unpaired) electrons. The van der Waals surface area contributed by atoms with Gasteiger partial charge in [-0.3, -0.25) is 24.6 Å². The highest BCUT2D eigenvalue weighted by Gasteiger charge is 2.67. The number of ether oxygens (including phenoxy) is 1. The van der Waals surface area contributed by atoms with Crippen LogP contribution in [0.25, 0.3) is 0 Å². The Kier molecular flexibility index (Phi) is 6.42. The monoisotopic (exact) mass is 470 g/mol. The normalized spacial score (nSPS) is 26.9. The molecule has 1 aromatic carbocycles. The predicted molar refractivity (Wildman–Crippen MR) is 110 cm³/mol. The molecule has 2 heterocycles. The van der Waals surface area contributed by atoms with E-state index in [-0.39, 0.29) is 18.7 Å². The Bertz CT molecular complexity index is 968. The van der Waals surface area contributed by atoms with Gasteiger partial charge in [-0.25, -0.2) is 4.79 Å². The molecule has 0 aliphatic carbocycles. The molecule has 3 rings (SSSR count). The molecule has 0 spiro atoms. The topological polar surface area (TPSA) is 108 Å². The third kappa shape index (κ3) is 4.14. The highest BCUT2D eigenvalue weighted by molar-refractivity contribution is 6.09. The molecule has 0 bridgehead atoms. The van der Waals surface area contributed by atoms with Gasteiger partial charge < -0.3 is 15.0 Å². The number of nitrogens with one attached hydrogen (secondary N) is 2. The van der Waals surface area contributed by atoms with Crippen molar-refractivity contribution in [1.29, 1.82) is 0 Å². The fourth-order valence-corrected chi connectivity index (χ4v) is 4.60. The Morgan fingerprint density at radius 2 is 1.82 bits per heavy atom. The third-order valence-corrected chi connectivity index (χ3v) is 6.37. The lowest BCUT2D eigenvalue weighted by Crippen LogP contribution is -2.58. The fraction of sp³-hybridized carbons (Fsp3) is 0.524. The molecule has 2 saturated heterocycles. The average molecular weight is 470 g/mol. The van der Waals surface area contributed by atoms with Crippen molar-refractivity contribution >= 4 is 29.5 Å². The molecular formula is C21H25F3N4O5. The van der Waals surface area contributed by atoms with Crippen molar-refractivity contribution in [2.45, 2.75) is 31.1 Å². The molecule has 0 unspecified atom stereocenters. The number of hydrogen-bond acceptors (Lipinski definition) is 6. The molecule has 180 valence electrons. The van der Waals surface area contributed by atoms with Crippen LogP contribution in [0.4, 0.5) is 23.7 Å². The summed E-state index contributed by atoms with van der Waals surface area (Å²) in [6, 6.07) is 2.61. The number of imide groups is 1. The van der Waals surface area contributed by atoms with Crippen LogP contribution in [-0.4, -0.2) is 72.9 Å². The molecule has 4 amide bonds. The number of urea groups is 1. The van der Waals surface area contributed by atoms with E-state index in [1.165, 1.54) is 26.1 Å². The molecule has 12 heteroatoms. The van der Waals surface area contributed by atoms with Crippen LogP contribution in [0, 0.1) is 11.8 Å². The maximum Gasteiger partial charge on any atom is 0.416 e. The van der Waals surface area contributed by atoms with Crippen LogP contribution in [-0.2, 0) is 25.3 Å². The summed E-state index contributed by atoms with van der Waals surface area (Å²) < 4.78 is 43.1. The third-order valence-electron chi connectivity index (χ3n) is 6.37. The average Bonchev–Trinajstić information content (AvgIpc) is 3.22. The van der Waals surface area contributed by atoms with E-state index in [9.17, 15) is 32.3 Å². The number of esters is 1. The van der Waals surface area contributed by atoms with Crippen LogP contribution in [0.5, 0.6) is 0 Å². The summed E-state index contributed by atoms with van der Waals surface area (Å²) in [5, 5.41) is 5.56. The molecule has 2 aliphatic rings. The van der Waals surface area contributed by atoms with Crippen LogP contribution in [0.3, 0.4) is 0 Å². The lowest BCUT2D eigenvalue weighted by atomic mass is 9.78. The molecule has 1 aromatic rings. The zero-order chi connectivity index (χ0) is 24.7. The van der Waals surface area contributed by atoms with Gasteiger partial charge >= 0.3 is 18.2 Å². The second kappa shape index (κ2) is 8.65. The summed E-state index contributed by atoms with van der Waals surface area (Å²) >= 11 is 0. The number of halogens is 3. The number of methoxy groups -OCH3 is 1. The predicted octanol–water partition coefficient (Wildman–Crippen LogP) is 1.69. The first-order valence-corrected chi connectivity index (χ1v) is 10.2. The smallest absolute Gasteiger partial charge is 0.416 e. The minimum absolute atomic E-state index is 0.0424.